The van der Waals surface area contributed by atoms with Crippen LogP contribution in [0.15, 0.2) is 36.4 Å². The Balaban J connectivity index is 1.74. The molecule has 3 rings (SSSR count). The van der Waals surface area contributed by atoms with E-state index in [-0.39, 0.29) is 19.0 Å². The minimum Gasteiger partial charge on any atom is -0.494 e. The van der Waals surface area contributed by atoms with Crippen LogP contribution in [0, 0.1) is 5.82 Å². The van der Waals surface area contributed by atoms with Gasteiger partial charge in [0.25, 0.3) is 0 Å². The van der Waals surface area contributed by atoms with Gasteiger partial charge in [-0.05, 0) is 18.2 Å². The first-order valence-electron chi connectivity index (χ1n) is 6.58. The zero-order chi connectivity index (χ0) is 14.8. The second kappa shape index (κ2) is 5.61. The van der Waals surface area contributed by atoms with Crippen LogP contribution in [0.25, 0.3) is 0 Å². The standard InChI is InChI=1S/C16H15FO4/c1-19-14-4-2-3-10(16(14)17)8-20-11-5-6-12-13(18)9-21-15(12)7-11/h2-7,13,18H,8-9H2,1H3. The maximum Gasteiger partial charge on any atom is 0.171 e. The Morgan fingerprint density at radius 2 is 2.19 bits per heavy atom. The van der Waals surface area contributed by atoms with Crippen LogP contribution in [0.2, 0.25) is 0 Å². The van der Waals surface area contributed by atoms with E-state index < -0.39 is 11.9 Å². The van der Waals surface area contributed by atoms with Gasteiger partial charge in [-0.3, -0.25) is 0 Å². The molecule has 1 atom stereocenters. The van der Waals surface area contributed by atoms with Crippen LogP contribution in [0.3, 0.4) is 0 Å². The Labute approximate surface area is 121 Å². The fraction of sp³-hybridized carbons (Fsp3) is 0.250. The molecule has 1 aliphatic heterocycles. The van der Waals surface area contributed by atoms with Crippen LogP contribution in [-0.2, 0) is 6.61 Å². The minimum absolute atomic E-state index is 0.0877. The number of fused-ring (bicyclic) bond motifs is 1. The molecule has 0 saturated carbocycles. The molecule has 1 aliphatic rings. The lowest BCUT2D eigenvalue weighted by Crippen LogP contribution is -2.00. The fourth-order valence-electron chi connectivity index (χ4n) is 2.25. The fourth-order valence-corrected chi connectivity index (χ4v) is 2.25. The highest BCUT2D eigenvalue weighted by atomic mass is 19.1. The van der Waals surface area contributed by atoms with Crippen LogP contribution in [0.1, 0.15) is 17.2 Å². The first-order valence-corrected chi connectivity index (χ1v) is 6.58. The number of ether oxygens (including phenoxy) is 3. The summed E-state index contributed by atoms with van der Waals surface area (Å²) in [5.74, 6) is 0.931. The molecule has 4 nitrogen and oxygen atoms in total. The summed E-state index contributed by atoms with van der Waals surface area (Å²) in [4.78, 5) is 0. The van der Waals surface area contributed by atoms with Crippen molar-refractivity contribution in [1.82, 2.24) is 0 Å². The van der Waals surface area contributed by atoms with Crippen LogP contribution >= 0.6 is 0 Å². The minimum atomic E-state index is -0.593. The molecular formula is C16H15FO4. The summed E-state index contributed by atoms with van der Waals surface area (Å²) < 4.78 is 29.8. The first kappa shape index (κ1) is 13.7. The lowest BCUT2D eigenvalue weighted by atomic mass is 10.1. The summed E-state index contributed by atoms with van der Waals surface area (Å²) in [7, 11) is 1.42. The van der Waals surface area contributed by atoms with Crippen LogP contribution < -0.4 is 14.2 Å². The molecule has 0 amide bonds. The predicted molar refractivity (Wildman–Crippen MR) is 74.2 cm³/mol. The van der Waals surface area contributed by atoms with Crippen molar-refractivity contribution in [3.8, 4) is 17.2 Å². The smallest absolute Gasteiger partial charge is 0.171 e. The Morgan fingerprint density at radius 3 is 3.00 bits per heavy atom. The van der Waals surface area contributed by atoms with E-state index in [4.69, 9.17) is 14.2 Å². The van der Waals surface area contributed by atoms with Gasteiger partial charge < -0.3 is 19.3 Å². The van der Waals surface area contributed by atoms with E-state index >= 15 is 0 Å². The molecule has 1 N–H and O–H groups in total. The second-order valence-corrected chi connectivity index (χ2v) is 4.75. The third-order valence-electron chi connectivity index (χ3n) is 3.40. The normalized spacial score (nSPS) is 16.2. The third-order valence-corrected chi connectivity index (χ3v) is 3.40. The quantitative estimate of drug-likeness (QED) is 0.940. The zero-order valence-electron chi connectivity index (χ0n) is 11.5. The van der Waals surface area contributed by atoms with Gasteiger partial charge in [-0.15, -0.1) is 0 Å². The SMILES string of the molecule is COc1cccc(COc2ccc3c(c2)OCC3O)c1F. The number of hydrogen-bond donors (Lipinski definition) is 1. The molecule has 0 spiro atoms. The highest BCUT2D eigenvalue weighted by Crippen LogP contribution is 2.35. The van der Waals surface area contributed by atoms with Gasteiger partial charge in [0.1, 0.15) is 30.8 Å². The van der Waals surface area contributed by atoms with Crippen LogP contribution in [-0.4, -0.2) is 18.8 Å². The molecule has 110 valence electrons. The molecule has 21 heavy (non-hydrogen) atoms. The van der Waals surface area contributed by atoms with Crippen molar-refractivity contribution in [3.63, 3.8) is 0 Å². The summed E-state index contributed by atoms with van der Waals surface area (Å²) in [6.45, 7) is 0.341. The average Bonchev–Trinajstić information content (AvgIpc) is 2.87. The first-order chi connectivity index (χ1) is 10.2. The van der Waals surface area contributed by atoms with Crippen molar-refractivity contribution >= 4 is 0 Å². The number of hydrogen-bond acceptors (Lipinski definition) is 4. The van der Waals surface area contributed by atoms with E-state index in [0.717, 1.165) is 5.56 Å². The number of methoxy groups -OCH3 is 1. The maximum atomic E-state index is 14.0. The molecule has 0 fully saturated rings. The van der Waals surface area contributed by atoms with Gasteiger partial charge in [-0.25, -0.2) is 4.39 Å². The molecular weight excluding hydrogens is 275 g/mol. The topological polar surface area (TPSA) is 47.9 Å². The van der Waals surface area contributed by atoms with Crippen molar-refractivity contribution in [1.29, 1.82) is 0 Å². The lowest BCUT2D eigenvalue weighted by molar-refractivity contribution is 0.140. The van der Waals surface area contributed by atoms with E-state index in [2.05, 4.69) is 0 Å². The third kappa shape index (κ3) is 2.64. The monoisotopic (exact) mass is 290 g/mol. The Morgan fingerprint density at radius 1 is 1.33 bits per heavy atom. The number of rotatable bonds is 4. The molecule has 1 heterocycles. The predicted octanol–water partition coefficient (Wildman–Crippen LogP) is 2.84. The van der Waals surface area contributed by atoms with Crippen molar-refractivity contribution in [3.05, 3.63) is 53.3 Å². The van der Waals surface area contributed by atoms with Crippen LogP contribution in [0.5, 0.6) is 17.2 Å². The summed E-state index contributed by atoms with van der Waals surface area (Å²) in [5.41, 5.74) is 1.16. The highest BCUT2D eigenvalue weighted by molar-refractivity contribution is 5.44. The van der Waals surface area contributed by atoms with Crippen LogP contribution in [0.4, 0.5) is 4.39 Å². The van der Waals surface area contributed by atoms with E-state index in [1.54, 1.807) is 36.4 Å². The molecule has 2 aromatic carbocycles. The van der Waals surface area contributed by atoms with Crippen molar-refractivity contribution in [2.75, 3.05) is 13.7 Å². The van der Waals surface area contributed by atoms with Gasteiger partial charge in [-0.2, -0.15) is 0 Å². The molecule has 0 aromatic heterocycles. The zero-order valence-corrected chi connectivity index (χ0v) is 11.5. The van der Waals surface area contributed by atoms with Gasteiger partial charge in [0.05, 0.1) is 7.11 Å². The molecule has 2 aromatic rings. The Hall–Kier alpha value is -2.27. The molecule has 5 heteroatoms. The number of aliphatic hydroxyl groups is 1. The van der Waals surface area contributed by atoms with Crippen molar-refractivity contribution < 1.29 is 23.7 Å². The summed E-state index contributed by atoms with van der Waals surface area (Å²) in [5, 5.41) is 9.64. The molecule has 0 aliphatic carbocycles. The van der Waals surface area contributed by atoms with Gasteiger partial charge in [0.2, 0.25) is 0 Å². The van der Waals surface area contributed by atoms with Crippen molar-refractivity contribution in [2.24, 2.45) is 0 Å². The van der Waals surface area contributed by atoms with E-state index in [9.17, 15) is 9.50 Å². The van der Waals surface area contributed by atoms with Gasteiger partial charge in [0, 0.05) is 17.2 Å². The van der Waals surface area contributed by atoms with E-state index in [1.807, 2.05) is 0 Å². The molecule has 0 radical (unpaired) electrons. The number of aliphatic hydroxyl groups excluding tert-OH is 1. The average molecular weight is 290 g/mol. The summed E-state index contributed by atoms with van der Waals surface area (Å²) in [6, 6.07) is 10.1. The molecule has 0 saturated heterocycles. The van der Waals surface area contributed by atoms with E-state index in [0.29, 0.717) is 17.1 Å². The summed E-state index contributed by atoms with van der Waals surface area (Å²) in [6.07, 6.45) is -0.593. The second-order valence-electron chi connectivity index (χ2n) is 4.75. The van der Waals surface area contributed by atoms with Gasteiger partial charge in [-0.1, -0.05) is 12.1 Å². The Kier molecular flexibility index (Phi) is 3.66. The highest BCUT2D eigenvalue weighted by Gasteiger charge is 2.22. The van der Waals surface area contributed by atoms with Gasteiger partial charge >= 0.3 is 0 Å². The van der Waals surface area contributed by atoms with Crippen molar-refractivity contribution in [2.45, 2.75) is 12.7 Å². The Bertz CT molecular complexity index is 657. The molecule has 1 unspecified atom stereocenters. The van der Waals surface area contributed by atoms with Gasteiger partial charge in [0.15, 0.2) is 11.6 Å². The summed E-state index contributed by atoms with van der Waals surface area (Å²) >= 11 is 0. The maximum absolute atomic E-state index is 14.0. The van der Waals surface area contributed by atoms with E-state index in [1.165, 1.54) is 7.11 Å². The number of benzene rings is 2. The lowest BCUT2D eigenvalue weighted by Gasteiger charge is -2.10. The largest absolute Gasteiger partial charge is 0.494 e. The molecule has 0 bridgehead atoms. The number of halogens is 1.